The van der Waals surface area contributed by atoms with Gasteiger partial charge in [-0.1, -0.05) is 30.3 Å². The summed E-state index contributed by atoms with van der Waals surface area (Å²) in [4.78, 5) is 7.40. The van der Waals surface area contributed by atoms with Crippen molar-refractivity contribution in [2.45, 2.75) is 32.1 Å². The fourth-order valence-electron chi connectivity index (χ4n) is 3.79. The van der Waals surface area contributed by atoms with Crippen molar-refractivity contribution in [3.05, 3.63) is 35.9 Å². The number of β-amino-alcohol motifs (C(OH)–C–C–N with tert-alkyl or cyclic N) is 1. The summed E-state index contributed by atoms with van der Waals surface area (Å²) in [6, 6.07) is 10.6. The van der Waals surface area contributed by atoms with Crippen LogP contribution in [0.5, 0.6) is 0 Å². The lowest BCUT2D eigenvalue weighted by Gasteiger charge is -2.40. The Labute approximate surface area is 152 Å². The molecule has 0 bridgehead atoms. The third kappa shape index (κ3) is 5.50. The second-order valence-corrected chi connectivity index (χ2v) is 7.61. The van der Waals surface area contributed by atoms with Crippen LogP contribution >= 0.6 is 0 Å². The average molecular weight is 348 g/mol. The molecule has 0 unspecified atom stereocenters. The first-order valence-corrected chi connectivity index (χ1v) is 9.65. The number of morpholine rings is 1. The van der Waals surface area contributed by atoms with E-state index in [9.17, 15) is 5.11 Å². The van der Waals surface area contributed by atoms with Crippen molar-refractivity contribution in [1.82, 2.24) is 14.7 Å². The zero-order valence-electron chi connectivity index (χ0n) is 15.7. The Morgan fingerprint density at radius 3 is 2.40 bits per heavy atom. The molecule has 1 N–H and O–H groups in total. The maximum Gasteiger partial charge on any atom is 0.0916 e. The molecule has 140 valence electrons. The number of ether oxygens (including phenoxy) is 1. The van der Waals surface area contributed by atoms with Gasteiger partial charge in [-0.3, -0.25) is 14.7 Å². The molecule has 0 aliphatic carbocycles. The van der Waals surface area contributed by atoms with Crippen LogP contribution in [0.2, 0.25) is 0 Å². The number of benzene rings is 1. The molecule has 2 aliphatic heterocycles. The molecular weight excluding hydrogens is 314 g/mol. The van der Waals surface area contributed by atoms with Crippen LogP contribution in [0.1, 0.15) is 25.5 Å². The van der Waals surface area contributed by atoms with Gasteiger partial charge in [-0.25, -0.2) is 0 Å². The molecule has 1 aromatic carbocycles. The SMILES string of the molecule is CC(C)N1CCO[C@H](CN2CCN(C[C@H](O)c3ccccc3)CC2)C1. The van der Waals surface area contributed by atoms with Gasteiger partial charge in [0.1, 0.15) is 0 Å². The Morgan fingerprint density at radius 2 is 1.72 bits per heavy atom. The lowest BCUT2D eigenvalue weighted by Crippen LogP contribution is -2.53. The van der Waals surface area contributed by atoms with E-state index in [1.54, 1.807) is 0 Å². The van der Waals surface area contributed by atoms with Crippen LogP contribution in [0.4, 0.5) is 0 Å². The highest BCUT2D eigenvalue weighted by Gasteiger charge is 2.26. The Kier molecular flexibility index (Phi) is 6.84. The lowest BCUT2D eigenvalue weighted by atomic mass is 10.1. The fourth-order valence-corrected chi connectivity index (χ4v) is 3.79. The highest BCUT2D eigenvalue weighted by Crippen LogP contribution is 2.16. The van der Waals surface area contributed by atoms with E-state index in [2.05, 4.69) is 28.5 Å². The van der Waals surface area contributed by atoms with E-state index in [1.165, 1.54) is 0 Å². The van der Waals surface area contributed by atoms with Crippen molar-refractivity contribution >= 4 is 0 Å². The molecule has 0 amide bonds. The van der Waals surface area contributed by atoms with E-state index in [1.807, 2.05) is 30.3 Å². The second kappa shape index (κ2) is 9.10. The molecule has 0 spiro atoms. The number of nitrogens with zero attached hydrogens (tertiary/aromatic N) is 3. The van der Waals surface area contributed by atoms with Gasteiger partial charge in [0.05, 0.1) is 18.8 Å². The number of hydrogen-bond donors (Lipinski definition) is 1. The molecule has 1 aromatic rings. The van der Waals surface area contributed by atoms with Gasteiger partial charge in [-0.15, -0.1) is 0 Å². The predicted octanol–water partition coefficient (Wildman–Crippen LogP) is 1.45. The van der Waals surface area contributed by atoms with Crippen molar-refractivity contribution in [1.29, 1.82) is 0 Å². The third-order valence-corrected chi connectivity index (χ3v) is 5.44. The summed E-state index contributed by atoms with van der Waals surface area (Å²) in [6.07, 6.45) is -0.0633. The number of aliphatic hydroxyl groups is 1. The summed E-state index contributed by atoms with van der Waals surface area (Å²) in [5.74, 6) is 0. The minimum Gasteiger partial charge on any atom is -0.387 e. The van der Waals surface area contributed by atoms with E-state index >= 15 is 0 Å². The summed E-state index contributed by atoms with van der Waals surface area (Å²) < 4.78 is 5.97. The summed E-state index contributed by atoms with van der Waals surface area (Å²) in [5, 5.41) is 10.4. The zero-order valence-corrected chi connectivity index (χ0v) is 15.7. The van der Waals surface area contributed by atoms with Gasteiger partial charge in [0.2, 0.25) is 0 Å². The highest BCUT2D eigenvalue weighted by molar-refractivity contribution is 5.17. The minimum atomic E-state index is -0.394. The van der Waals surface area contributed by atoms with Crippen LogP contribution in [0, 0.1) is 0 Å². The second-order valence-electron chi connectivity index (χ2n) is 7.61. The van der Waals surface area contributed by atoms with E-state index < -0.39 is 6.10 Å². The molecule has 2 saturated heterocycles. The van der Waals surface area contributed by atoms with Crippen molar-refractivity contribution in [3.8, 4) is 0 Å². The molecule has 3 rings (SSSR count). The number of rotatable bonds is 6. The lowest BCUT2D eigenvalue weighted by molar-refractivity contribution is -0.0573. The van der Waals surface area contributed by atoms with Gasteiger partial charge in [0, 0.05) is 58.4 Å². The van der Waals surface area contributed by atoms with Crippen LogP contribution in [0.3, 0.4) is 0 Å². The van der Waals surface area contributed by atoms with E-state index in [-0.39, 0.29) is 0 Å². The van der Waals surface area contributed by atoms with Crippen LogP contribution in [-0.4, -0.2) is 90.9 Å². The van der Waals surface area contributed by atoms with Crippen LogP contribution < -0.4 is 0 Å². The first-order chi connectivity index (χ1) is 12.1. The molecular formula is C20H33N3O2. The van der Waals surface area contributed by atoms with Gasteiger partial charge >= 0.3 is 0 Å². The molecule has 0 aromatic heterocycles. The number of hydrogen-bond acceptors (Lipinski definition) is 5. The maximum atomic E-state index is 10.4. The topological polar surface area (TPSA) is 39.2 Å². The molecule has 25 heavy (non-hydrogen) atoms. The Balaban J connectivity index is 1.40. The number of piperazine rings is 1. The van der Waals surface area contributed by atoms with Gasteiger partial charge in [-0.05, 0) is 19.4 Å². The summed E-state index contributed by atoms with van der Waals surface area (Å²) in [7, 11) is 0. The minimum absolute atomic E-state index is 0.331. The quantitative estimate of drug-likeness (QED) is 0.843. The first kappa shape index (κ1) is 18.8. The van der Waals surface area contributed by atoms with Gasteiger partial charge in [-0.2, -0.15) is 0 Å². The Morgan fingerprint density at radius 1 is 1.04 bits per heavy atom. The van der Waals surface area contributed by atoms with Crippen molar-refractivity contribution in [2.75, 3.05) is 59.0 Å². The van der Waals surface area contributed by atoms with E-state index in [4.69, 9.17) is 4.74 Å². The third-order valence-electron chi connectivity index (χ3n) is 5.44. The van der Waals surface area contributed by atoms with Crippen molar-refractivity contribution in [3.63, 3.8) is 0 Å². The number of aliphatic hydroxyl groups excluding tert-OH is 1. The molecule has 5 nitrogen and oxygen atoms in total. The van der Waals surface area contributed by atoms with E-state index in [0.717, 1.165) is 64.5 Å². The van der Waals surface area contributed by atoms with Crippen molar-refractivity contribution in [2.24, 2.45) is 0 Å². The van der Waals surface area contributed by atoms with Gasteiger partial charge in [0.15, 0.2) is 0 Å². The van der Waals surface area contributed by atoms with Gasteiger partial charge < -0.3 is 9.84 Å². The molecule has 2 aliphatic rings. The molecule has 2 atom stereocenters. The van der Waals surface area contributed by atoms with E-state index in [0.29, 0.717) is 12.1 Å². The maximum absolute atomic E-state index is 10.4. The zero-order chi connectivity index (χ0) is 17.6. The standard InChI is InChI=1S/C20H33N3O2/c1-17(2)23-12-13-25-19(15-23)14-21-8-10-22(11-9-21)16-20(24)18-6-4-3-5-7-18/h3-7,17,19-20,24H,8-16H2,1-2H3/t19-,20+/m1/s1. The molecule has 2 fully saturated rings. The normalized spacial score (nSPS) is 25.4. The Hall–Kier alpha value is -0.980. The highest BCUT2D eigenvalue weighted by atomic mass is 16.5. The molecule has 0 saturated carbocycles. The summed E-state index contributed by atoms with van der Waals surface area (Å²) >= 11 is 0. The molecule has 2 heterocycles. The van der Waals surface area contributed by atoms with Crippen molar-refractivity contribution < 1.29 is 9.84 Å². The summed E-state index contributed by atoms with van der Waals surface area (Å²) in [6.45, 7) is 13.4. The smallest absolute Gasteiger partial charge is 0.0916 e. The molecule has 5 heteroatoms. The summed E-state index contributed by atoms with van der Waals surface area (Å²) in [5.41, 5.74) is 1.01. The fraction of sp³-hybridized carbons (Fsp3) is 0.700. The van der Waals surface area contributed by atoms with Crippen LogP contribution in [0.15, 0.2) is 30.3 Å². The molecule has 0 radical (unpaired) electrons. The van der Waals surface area contributed by atoms with Gasteiger partial charge in [0.25, 0.3) is 0 Å². The largest absolute Gasteiger partial charge is 0.387 e. The van der Waals surface area contributed by atoms with Crippen LogP contribution in [-0.2, 0) is 4.74 Å². The van der Waals surface area contributed by atoms with Crippen LogP contribution in [0.25, 0.3) is 0 Å². The average Bonchev–Trinajstić information content (AvgIpc) is 2.64. The monoisotopic (exact) mass is 347 g/mol. The first-order valence-electron chi connectivity index (χ1n) is 9.65. The predicted molar refractivity (Wildman–Crippen MR) is 101 cm³/mol. The Bertz CT molecular complexity index is 503.